The second-order valence-corrected chi connectivity index (χ2v) is 10.6. The lowest BCUT2D eigenvalue weighted by atomic mass is 9.68. The number of likely N-dealkylation sites (tertiary alicyclic amines) is 1. The molecule has 2 amide bonds. The molecule has 2 saturated heterocycles. The molecule has 3 aromatic rings. The predicted octanol–water partition coefficient (Wildman–Crippen LogP) is 3.88. The predicted molar refractivity (Wildman–Crippen MR) is 138 cm³/mol. The summed E-state index contributed by atoms with van der Waals surface area (Å²) in [6, 6.07) is 10.9. The Kier molecular flexibility index (Phi) is 6.30. The minimum Gasteiger partial charge on any atom is -0.497 e. The monoisotopic (exact) mass is 508 g/mol. The molecule has 0 radical (unpaired) electrons. The number of aromatic amines is 1. The number of H-pyrrole nitrogens is 1. The third-order valence-electron chi connectivity index (χ3n) is 8.19. The van der Waals surface area contributed by atoms with Crippen molar-refractivity contribution in [3.05, 3.63) is 59.5 Å². The standard InChI is InChI=1S/C28H33FN4O4/c1-36-21-6-7-22-23(12-21)31-26-24(14-34)33(27(35)30-20-4-2-19(29)3-5-20)17-28(25(22)26)15-32(16-28)13-18-8-10-37-11-9-18/h2-7,12,18,24,31,34H,8-11,13-17H2,1H3,(H,30,35)/t24-/m1/s1. The van der Waals surface area contributed by atoms with Gasteiger partial charge in [0.2, 0.25) is 0 Å². The lowest BCUT2D eigenvalue weighted by molar-refractivity contribution is -0.0119. The molecule has 0 unspecified atom stereocenters. The van der Waals surface area contributed by atoms with E-state index in [1.807, 2.05) is 12.1 Å². The van der Waals surface area contributed by atoms with Crippen molar-refractivity contribution in [2.24, 2.45) is 5.92 Å². The largest absolute Gasteiger partial charge is 0.497 e. The first kappa shape index (κ1) is 24.2. The number of carbonyl (C=O) groups is 1. The van der Waals surface area contributed by atoms with Gasteiger partial charge in [0.25, 0.3) is 0 Å². The summed E-state index contributed by atoms with van der Waals surface area (Å²) in [4.78, 5) is 21.3. The maximum atomic E-state index is 13.5. The Morgan fingerprint density at radius 3 is 2.65 bits per heavy atom. The van der Waals surface area contributed by atoms with E-state index in [2.05, 4.69) is 21.3 Å². The van der Waals surface area contributed by atoms with Crippen molar-refractivity contribution in [1.82, 2.24) is 14.8 Å². The number of rotatable bonds is 5. The van der Waals surface area contributed by atoms with Crippen molar-refractivity contribution in [3.8, 4) is 5.75 Å². The molecule has 8 nitrogen and oxygen atoms in total. The number of amides is 2. The van der Waals surface area contributed by atoms with Gasteiger partial charge in [-0.1, -0.05) is 0 Å². The first-order valence-corrected chi connectivity index (χ1v) is 12.9. The summed E-state index contributed by atoms with van der Waals surface area (Å²) < 4.78 is 24.4. The van der Waals surface area contributed by atoms with Gasteiger partial charge in [-0.25, -0.2) is 9.18 Å². The second-order valence-electron chi connectivity index (χ2n) is 10.6. The van der Waals surface area contributed by atoms with E-state index in [1.54, 1.807) is 24.1 Å². The van der Waals surface area contributed by atoms with Gasteiger partial charge in [-0.2, -0.15) is 0 Å². The summed E-state index contributed by atoms with van der Waals surface area (Å²) in [5.41, 5.74) is 3.26. The number of ether oxygens (including phenoxy) is 2. The van der Waals surface area contributed by atoms with E-state index in [-0.39, 0.29) is 23.9 Å². The number of carbonyl (C=O) groups excluding carboxylic acids is 1. The highest BCUT2D eigenvalue weighted by Crippen LogP contribution is 2.49. The molecule has 3 N–H and O–H groups in total. The zero-order valence-electron chi connectivity index (χ0n) is 21.0. The van der Waals surface area contributed by atoms with Gasteiger partial charge < -0.3 is 34.7 Å². The number of aromatic nitrogens is 1. The molecule has 1 spiro atoms. The van der Waals surface area contributed by atoms with Crippen molar-refractivity contribution in [1.29, 1.82) is 0 Å². The molecule has 2 fully saturated rings. The lowest BCUT2D eigenvalue weighted by Crippen LogP contribution is -2.67. The third-order valence-corrected chi connectivity index (χ3v) is 8.19. The fourth-order valence-electron chi connectivity index (χ4n) is 6.44. The summed E-state index contributed by atoms with van der Waals surface area (Å²) in [6.07, 6.45) is 2.17. The molecule has 1 atom stereocenters. The zero-order valence-corrected chi connectivity index (χ0v) is 21.0. The highest BCUT2D eigenvalue weighted by Gasteiger charge is 2.54. The van der Waals surface area contributed by atoms with Crippen LogP contribution >= 0.6 is 0 Å². The number of nitrogens with one attached hydrogen (secondary N) is 2. The van der Waals surface area contributed by atoms with Crippen LogP contribution in [0, 0.1) is 11.7 Å². The quantitative estimate of drug-likeness (QED) is 0.487. The molecule has 4 heterocycles. The molecule has 37 heavy (non-hydrogen) atoms. The first-order valence-electron chi connectivity index (χ1n) is 12.9. The van der Waals surface area contributed by atoms with Crippen LogP contribution in [-0.4, -0.2) is 79.0 Å². The van der Waals surface area contributed by atoms with Crippen LogP contribution in [0.2, 0.25) is 0 Å². The fourth-order valence-corrected chi connectivity index (χ4v) is 6.44. The maximum absolute atomic E-state index is 13.5. The summed E-state index contributed by atoms with van der Waals surface area (Å²) in [7, 11) is 1.64. The van der Waals surface area contributed by atoms with E-state index in [1.165, 1.54) is 17.7 Å². The minimum absolute atomic E-state index is 0.213. The Balaban J connectivity index is 1.34. The molecule has 0 aliphatic carbocycles. The molecule has 9 heteroatoms. The number of anilines is 1. The molecule has 196 valence electrons. The summed E-state index contributed by atoms with van der Waals surface area (Å²) in [5.74, 6) is 1.02. The van der Waals surface area contributed by atoms with Crippen LogP contribution in [0.25, 0.3) is 10.9 Å². The van der Waals surface area contributed by atoms with Crippen LogP contribution in [0.4, 0.5) is 14.9 Å². The SMILES string of the molecule is COc1ccc2c3c([nH]c2c1)[C@@H](CO)N(C(=O)Nc1ccc(F)cc1)CC31CN(CC2CCOCC2)C1. The van der Waals surface area contributed by atoms with E-state index in [0.29, 0.717) is 18.2 Å². The van der Waals surface area contributed by atoms with Gasteiger partial charge in [0.05, 0.1) is 19.8 Å². The summed E-state index contributed by atoms with van der Waals surface area (Å²) in [6.45, 7) is 4.64. The van der Waals surface area contributed by atoms with E-state index >= 15 is 0 Å². The molecular formula is C28H33FN4O4. The number of aliphatic hydroxyl groups is 1. The Hall–Kier alpha value is -3.14. The van der Waals surface area contributed by atoms with Gasteiger partial charge >= 0.3 is 6.03 Å². The average Bonchev–Trinajstić information content (AvgIpc) is 3.28. The van der Waals surface area contributed by atoms with Crippen LogP contribution in [0.15, 0.2) is 42.5 Å². The topological polar surface area (TPSA) is 90.1 Å². The molecule has 2 aromatic carbocycles. The Labute approximate surface area is 215 Å². The number of hydrogen-bond acceptors (Lipinski definition) is 5. The molecule has 0 saturated carbocycles. The van der Waals surface area contributed by atoms with Crippen molar-refractivity contribution in [2.45, 2.75) is 24.3 Å². The smallest absolute Gasteiger partial charge is 0.322 e. The van der Waals surface area contributed by atoms with Crippen LogP contribution < -0.4 is 10.1 Å². The van der Waals surface area contributed by atoms with Crippen LogP contribution in [0.3, 0.4) is 0 Å². The Morgan fingerprint density at radius 2 is 1.95 bits per heavy atom. The second kappa shape index (κ2) is 9.63. The van der Waals surface area contributed by atoms with Crippen LogP contribution in [0.1, 0.15) is 30.1 Å². The maximum Gasteiger partial charge on any atom is 0.322 e. The van der Waals surface area contributed by atoms with Crippen molar-refractivity contribution in [2.75, 3.05) is 58.4 Å². The number of hydrogen-bond donors (Lipinski definition) is 3. The van der Waals surface area contributed by atoms with E-state index in [0.717, 1.165) is 68.0 Å². The normalized spacial score (nSPS) is 21.6. The third kappa shape index (κ3) is 4.35. The summed E-state index contributed by atoms with van der Waals surface area (Å²) in [5, 5.41) is 14.5. The summed E-state index contributed by atoms with van der Waals surface area (Å²) >= 11 is 0. The Morgan fingerprint density at radius 1 is 1.19 bits per heavy atom. The van der Waals surface area contributed by atoms with Gasteiger partial charge in [-0.3, -0.25) is 0 Å². The molecular weight excluding hydrogens is 475 g/mol. The van der Waals surface area contributed by atoms with E-state index in [9.17, 15) is 14.3 Å². The van der Waals surface area contributed by atoms with Crippen LogP contribution in [-0.2, 0) is 10.2 Å². The zero-order chi connectivity index (χ0) is 25.6. The van der Waals surface area contributed by atoms with Crippen molar-refractivity contribution < 1.29 is 23.8 Å². The molecule has 3 aliphatic heterocycles. The van der Waals surface area contributed by atoms with Crippen LogP contribution in [0.5, 0.6) is 5.75 Å². The van der Waals surface area contributed by atoms with Gasteiger partial charge in [-0.15, -0.1) is 0 Å². The lowest BCUT2D eigenvalue weighted by Gasteiger charge is -2.56. The number of urea groups is 1. The fraction of sp³-hybridized carbons (Fsp3) is 0.464. The number of aliphatic hydroxyl groups excluding tert-OH is 1. The number of methoxy groups -OCH3 is 1. The highest BCUT2D eigenvalue weighted by molar-refractivity contribution is 5.92. The van der Waals surface area contributed by atoms with Gasteiger partial charge in [-0.05, 0) is 60.7 Å². The number of halogens is 1. The Bertz CT molecular complexity index is 1280. The molecule has 6 rings (SSSR count). The average molecular weight is 509 g/mol. The molecule has 0 bridgehead atoms. The first-order chi connectivity index (χ1) is 18.0. The number of fused-ring (bicyclic) bond motifs is 4. The van der Waals surface area contributed by atoms with E-state index in [4.69, 9.17) is 9.47 Å². The van der Waals surface area contributed by atoms with E-state index < -0.39 is 6.04 Å². The number of nitrogens with zero attached hydrogens (tertiary/aromatic N) is 2. The van der Waals surface area contributed by atoms with Gasteiger partial charge in [0, 0.05) is 73.2 Å². The molecule has 1 aromatic heterocycles. The van der Waals surface area contributed by atoms with Crippen molar-refractivity contribution in [3.63, 3.8) is 0 Å². The molecule has 3 aliphatic rings. The van der Waals surface area contributed by atoms with Gasteiger partial charge in [0.1, 0.15) is 11.6 Å². The van der Waals surface area contributed by atoms with Crippen molar-refractivity contribution >= 4 is 22.6 Å². The minimum atomic E-state index is -0.524. The highest BCUT2D eigenvalue weighted by atomic mass is 19.1. The number of benzene rings is 2. The van der Waals surface area contributed by atoms with Gasteiger partial charge in [0.15, 0.2) is 0 Å².